The molecule has 0 fully saturated rings. The van der Waals surface area contributed by atoms with E-state index in [4.69, 9.17) is 34.8 Å². The van der Waals surface area contributed by atoms with Crippen molar-refractivity contribution in [1.82, 2.24) is 35.7 Å². The molecule has 3 N–H and O–H groups in total. The molecule has 10 nitrogen and oxygen atoms in total. The van der Waals surface area contributed by atoms with E-state index >= 15 is 0 Å². The minimum Gasteiger partial charge on any atom is -0.347 e. The van der Waals surface area contributed by atoms with Crippen LogP contribution < -0.4 is 10.6 Å². The van der Waals surface area contributed by atoms with E-state index in [0.717, 1.165) is 0 Å². The van der Waals surface area contributed by atoms with Gasteiger partial charge in [-0.25, -0.2) is 4.68 Å². The summed E-state index contributed by atoms with van der Waals surface area (Å²) in [6.07, 6.45) is -3.89. The number of carbonyl (C=O) groups is 2. The quantitative estimate of drug-likeness (QED) is 0.221. The van der Waals surface area contributed by atoms with E-state index in [1.165, 1.54) is 10.7 Å². The number of benzene rings is 2. The predicted octanol–water partition coefficient (Wildman–Crippen LogP) is 6.70. The summed E-state index contributed by atoms with van der Waals surface area (Å²) in [6.45, 7) is 9.33. The minimum absolute atomic E-state index is 0.235. The number of aromatic amines is 1. The van der Waals surface area contributed by atoms with Gasteiger partial charge in [0.15, 0.2) is 0 Å². The summed E-state index contributed by atoms with van der Waals surface area (Å²) < 4.78 is 35.7. The van der Waals surface area contributed by atoms with Gasteiger partial charge in [0.25, 0.3) is 17.6 Å². The van der Waals surface area contributed by atoms with E-state index in [0.29, 0.717) is 44.1 Å². The van der Waals surface area contributed by atoms with Gasteiger partial charge < -0.3 is 10.6 Å². The van der Waals surface area contributed by atoms with Crippen LogP contribution in [-0.2, 0) is 12.6 Å². The number of para-hydroxylation sites is 1. The van der Waals surface area contributed by atoms with E-state index in [2.05, 4.69) is 31.1 Å². The number of carbonyl (C=O) groups excluding carboxylic acids is 2. The highest BCUT2D eigenvalue weighted by molar-refractivity contribution is 6.37. The number of nitrogens with zero attached hydrogens (tertiary/aromatic N) is 5. The number of nitrogens with one attached hydrogen (secondary N) is 3. The molecule has 0 atom stereocenters. The van der Waals surface area contributed by atoms with E-state index in [9.17, 15) is 22.8 Å². The normalized spacial score (nSPS) is 11.5. The summed E-state index contributed by atoms with van der Waals surface area (Å²) in [5.74, 6) is -2.06. The first-order valence-corrected chi connectivity index (χ1v) is 13.4. The summed E-state index contributed by atoms with van der Waals surface area (Å²) in [5, 5.41) is 21.2. The zero-order valence-corrected chi connectivity index (χ0v) is 25.3. The molecule has 0 saturated heterocycles. The van der Waals surface area contributed by atoms with Gasteiger partial charge >= 0.3 is 6.18 Å². The van der Waals surface area contributed by atoms with Crippen molar-refractivity contribution in [3.63, 3.8) is 0 Å². The molecule has 2 aromatic carbocycles. The molecule has 4 aromatic rings. The summed E-state index contributed by atoms with van der Waals surface area (Å²) in [4.78, 5) is 26.4. The Labute approximate surface area is 253 Å². The van der Waals surface area contributed by atoms with Gasteiger partial charge in [-0.05, 0) is 75.2 Å². The maximum absolute atomic E-state index is 13.4. The molecule has 0 saturated carbocycles. The lowest BCUT2D eigenvalue weighted by molar-refractivity contribution is -0.144. The standard InChI is InChI=1S/C24H25Cl3N4O2.C2HF3N4/c1-6-15-12-19(31(30-15)21-17(26)8-7-9-18(21)27)23(33)28-20-13(2)10-14(25)11-16(20)22(32)29-24(3,4)5;3-2(4,5)1-6-8-9-7-1/h7-12H,6H2,1-5H3,(H,28,33)(H,29,32);(H,6,7,8,9). The Morgan fingerprint density at radius 1 is 1.02 bits per heavy atom. The smallest absolute Gasteiger partial charge is 0.347 e. The summed E-state index contributed by atoms with van der Waals surface area (Å²) in [7, 11) is 0. The molecule has 0 aliphatic heterocycles. The lowest BCUT2D eigenvalue weighted by atomic mass is 10.0. The molecular weight excluding hydrogens is 620 g/mol. The molecule has 224 valence electrons. The van der Waals surface area contributed by atoms with Crippen LogP contribution in [0.3, 0.4) is 0 Å². The van der Waals surface area contributed by atoms with Crippen molar-refractivity contribution in [3.05, 3.63) is 79.8 Å². The van der Waals surface area contributed by atoms with Crippen LogP contribution >= 0.6 is 34.8 Å². The van der Waals surface area contributed by atoms with E-state index in [1.807, 2.05) is 27.7 Å². The first-order valence-electron chi connectivity index (χ1n) is 12.3. The van der Waals surface area contributed by atoms with Crippen molar-refractivity contribution < 1.29 is 22.8 Å². The number of aryl methyl sites for hydroxylation is 2. The molecule has 0 spiro atoms. The molecule has 0 aliphatic rings. The molecule has 0 aliphatic carbocycles. The third kappa shape index (κ3) is 8.20. The van der Waals surface area contributed by atoms with Gasteiger partial charge in [-0.3, -0.25) is 9.59 Å². The van der Waals surface area contributed by atoms with Gasteiger partial charge in [-0.2, -0.15) is 23.5 Å². The summed E-state index contributed by atoms with van der Waals surface area (Å²) >= 11 is 19.0. The highest BCUT2D eigenvalue weighted by atomic mass is 35.5. The van der Waals surface area contributed by atoms with Crippen molar-refractivity contribution in [1.29, 1.82) is 0 Å². The van der Waals surface area contributed by atoms with Crippen molar-refractivity contribution in [2.45, 2.75) is 52.8 Å². The fourth-order valence-electron chi connectivity index (χ4n) is 3.58. The lowest BCUT2D eigenvalue weighted by Gasteiger charge is -2.22. The fourth-order valence-corrected chi connectivity index (χ4v) is 4.41. The number of rotatable bonds is 5. The van der Waals surface area contributed by atoms with Crippen LogP contribution in [0.2, 0.25) is 15.1 Å². The first kappa shape index (κ1) is 32.8. The number of halogens is 6. The molecule has 0 bridgehead atoms. The Balaban J connectivity index is 0.000000458. The second-order valence-electron chi connectivity index (χ2n) is 9.89. The molecule has 0 unspecified atom stereocenters. The molecule has 0 radical (unpaired) electrons. The number of amides is 2. The van der Waals surface area contributed by atoms with Crippen molar-refractivity contribution in [2.75, 3.05) is 5.32 Å². The average Bonchev–Trinajstić information content (AvgIpc) is 3.55. The van der Waals surface area contributed by atoms with Crippen LogP contribution in [0, 0.1) is 6.92 Å². The van der Waals surface area contributed by atoms with Crippen LogP contribution in [0.5, 0.6) is 0 Å². The Bertz CT molecular complexity index is 1560. The molecule has 4 rings (SSSR count). The van der Waals surface area contributed by atoms with Gasteiger partial charge in [0.05, 0.1) is 27.0 Å². The van der Waals surface area contributed by atoms with Gasteiger partial charge in [0, 0.05) is 10.6 Å². The number of tetrazole rings is 1. The van der Waals surface area contributed by atoms with Crippen LogP contribution in [0.4, 0.5) is 18.9 Å². The number of hydrogen-bond acceptors (Lipinski definition) is 6. The third-order valence-electron chi connectivity index (χ3n) is 5.38. The monoisotopic (exact) mass is 644 g/mol. The second kappa shape index (κ2) is 13.1. The fraction of sp³-hybridized carbons (Fsp3) is 0.308. The van der Waals surface area contributed by atoms with Crippen LogP contribution in [0.25, 0.3) is 5.69 Å². The molecule has 2 amide bonds. The summed E-state index contributed by atoms with van der Waals surface area (Å²) in [6, 6.07) is 9.96. The average molecular weight is 646 g/mol. The molecule has 16 heteroatoms. The van der Waals surface area contributed by atoms with Crippen LogP contribution in [0.1, 0.15) is 65.6 Å². The zero-order chi connectivity index (χ0) is 31.4. The topological polar surface area (TPSA) is 130 Å². The summed E-state index contributed by atoms with van der Waals surface area (Å²) in [5.41, 5.74) is 2.14. The Morgan fingerprint density at radius 3 is 2.17 bits per heavy atom. The van der Waals surface area contributed by atoms with Crippen molar-refractivity contribution >= 4 is 52.3 Å². The Hall–Kier alpha value is -3.68. The van der Waals surface area contributed by atoms with Gasteiger partial charge in [-0.1, -0.05) is 47.8 Å². The zero-order valence-electron chi connectivity index (χ0n) is 23.0. The first-order chi connectivity index (χ1) is 19.5. The highest BCUT2D eigenvalue weighted by Crippen LogP contribution is 2.31. The maximum Gasteiger partial charge on any atom is 0.455 e. The van der Waals surface area contributed by atoms with Crippen molar-refractivity contribution in [3.8, 4) is 5.69 Å². The highest BCUT2D eigenvalue weighted by Gasteiger charge is 2.35. The molecule has 42 heavy (non-hydrogen) atoms. The maximum atomic E-state index is 13.4. The minimum atomic E-state index is -4.49. The lowest BCUT2D eigenvalue weighted by Crippen LogP contribution is -2.41. The van der Waals surface area contributed by atoms with Gasteiger partial charge in [-0.15, -0.1) is 10.2 Å². The van der Waals surface area contributed by atoms with E-state index in [1.54, 1.807) is 42.5 Å². The number of alkyl halides is 3. The molecular formula is C26H26Cl3F3N8O2. The largest absolute Gasteiger partial charge is 0.455 e. The third-order valence-corrected chi connectivity index (χ3v) is 6.20. The van der Waals surface area contributed by atoms with Crippen LogP contribution in [-0.4, -0.2) is 47.8 Å². The number of aromatic nitrogens is 6. The van der Waals surface area contributed by atoms with Gasteiger partial charge in [0.2, 0.25) is 0 Å². The number of hydrogen-bond donors (Lipinski definition) is 3. The van der Waals surface area contributed by atoms with E-state index in [-0.39, 0.29) is 17.2 Å². The molecule has 2 aromatic heterocycles. The number of H-pyrrole nitrogens is 1. The SMILES string of the molecule is CCc1cc(C(=O)Nc2c(C)cc(Cl)cc2C(=O)NC(C)(C)C)n(-c2c(Cl)cccc2Cl)n1.FC(F)(F)c1nn[nH]n1. The van der Waals surface area contributed by atoms with Crippen molar-refractivity contribution in [2.24, 2.45) is 0 Å². The van der Waals surface area contributed by atoms with Gasteiger partial charge in [0.1, 0.15) is 11.4 Å². The van der Waals surface area contributed by atoms with E-state index < -0.39 is 23.4 Å². The second-order valence-corrected chi connectivity index (χ2v) is 11.1. The molecule has 2 heterocycles. The number of anilines is 1. The Morgan fingerprint density at radius 2 is 1.67 bits per heavy atom. The predicted molar refractivity (Wildman–Crippen MR) is 154 cm³/mol. The Kier molecular flexibility index (Phi) is 10.2. The van der Waals surface area contributed by atoms with Crippen LogP contribution in [0.15, 0.2) is 36.4 Å².